The lowest BCUT2D eigenvalue weighted by Crippen LogP contribution is -2.15. The maximum atomic E-state index is 7.48. The number of anilines is 6. The number of furan rings is 1. The Balaban J connectivity index is 0.934. The molecule has 3 heteroatoms. The Bertz CT molecular complexity index is 4550. The first kappa shape index (κ1) is 46.6. The van der Waals surface area contributed by atoms with E-state index in [1.165, 1.54) is 66.8 Å². The fourth-order valence-electron chi connectivity index (χ4n) is 13.2. The zero-order valence-electron chi connectivity index (χ0n) is 44.7. The normalized spacial score (nSPS) is 13.5. The molecule has 0 N–H and O–H groups in total. The number of rotatable bonds is 9. The Morgan fingerprint density at radius 1 is 0.291 bits per heavy atom. The van der Waals surface area contributed by atoms with E-state index in [9.17, 15) is 0 Å². The SMILES string of the molecule is CC1(C)c2ccccc2-c2cc(-c3cccc(N(c4ccc5c(c4)-c4ccccc4C5(C)C)c4cc5ccccc5c5c4oc4cc(N(c6ccc(-c7ccccc7)cc6)c6cccc(-c7ccccc7)c6)ccc45)c3)ccc21. The van der Waals surface area contributed by atoms with Crippen LogP contribution >= 0.6 is 0 Å². The van der Waals surface area contributed by atoms with Crippen LogP contribution in [0.25, 0.3) is 88.3 Å². The van der Waals surface area contributed by atoms with Gasteiger partial charge in [-0.2, -0.15) is 0 Å². The molecular formula is C76H56N2O. The Hall–Kier alpha value is -9.70. The largest absolute Gasteiger partial charge is 0.454 e. The summed E-state index contributed by atoms with van der Waals surface area (Å²) in [4.78, 5) is 4.80. The quantitative estimate of drug-likeness (QED) is 0.144. The third kappa shape index (κ3) is 7.48. The molecule has 2 aliphatic carbocycles. The Kier molecular flexibility index (Phi) is 10.6. The second-order valence-corrected chi connectivity index (χ2v) is 22.5. The van der Waals surface area contributed by atoms with Crippen molar-refractivity contribution in [2.75, 3.05) is 9.80 Å². The molecule has 0 bridgehead atoms. The third-order valence-electron chi connectivity index (χ3n) is 17.2. The summed E-state index contributed by atoms with van der Waals surface area (Å²) in [5, 5.41) is 4.45. The van der Waals surface area contributed by atoms with E-state index >= 15 is 0 Å². The molecule has 0 spiro atoms. The van der Waals surface area contributed by atoms with Crippen molar-refractivity contribution in [2.24, 2.45) is 0 Å². The van der Waals surface area contributed by atoms with Crippen LogP contribution in [-0.2, 0) is 10.8 Å². The maximum Gasteiger partial charge on any atom is 0.160 e. The minimum atomic E-state index is -0.136. The molecule has 1 heterocycles. The van der Waals surface area contributed by atoms with Gasteiger partial charge in [0.25, 0.3) is 0 Å². The molecule has 0 fully saturated rings. The van der Waals surface area contributed by atoms with Gasteiger partial charge < -0.3 is 14.2 Å². The lowest BCUT2D eigenvalue weighted by molar-refractivity contribution is 0.660. The summed E-state index contributed by atoms with van der Waals surface area (Å²) in [7, 11) is 0. The number of fused-ring (bicyclic) bond motifs is 11. The summed E-state index contributed by atoms with van der Waals surface area (Å²) >= 11 is 0. The molecule has 0 unspecified atom stereocenters. The second-order valence-electron chi connectivity index (χ2n) is 22.5. The second kappa shape index (κ2) is 17.9. The van der Waals surface area contributed by atoms with Gasteiger partial charge in [-0.05, 0) is 161 Å². The van der Waals surface area contributed by atoms with Gasteiger partial charge in [0.05, 0.1) is 5.69 Å². The molecule has 3 nitrogen and oxygen atoms in total. The molecule has 0 saturated carbocycles. The van der Waals surface area contributed by atoms with Crippen molar-refractivity contribution in [3.8, 4) is 55.6 Å². The van der Waals surface area contributed by atoms with Crippen LogP contribution in [0, 0.1) is 0 Å². The van der Waals surface area contributed by atoms with E-state index in [0.29, 0.717) is 0 Å². The molecule has 12 aromatic carbocycles. The van der Waals surface area contributed by atoms with Gasteiger partial charge in [-0.1, -0.05) is 216 Å². The topological polar surface area (TPSA) is 19.6 Å². The van der Waals surface area contributed by atoms with Crippen molar-refractivity contribution >= 4 is 66.8 Å². The van der Waals surface area contributed by atoms with Crippen LogP contribution in [0.4, 0.5) is 34.1 Å². The molecule has 0 radical (unpaired) electrons. The molecule has 0 aliphatic heterocycles. The van der Waals surface area contributed by atoms with Crippen molar-refractivity contribution in [3.05, 3.63) is 289 Å². The molecule has 0 atom stereocenters. The molecular weight excluding hydrogens is 957 g/mol. The first-order valence-electron chi connectivity index (χ1n) is 27.6. The first-order chi connectivity index (χ1) is 38.7. The molecule has 0 saturated heterocycles. The minimum absolute atomic E-state index is 0.0709. The fraction of sp³-hybridized carbons (Fsp3) is 0.0789. The minimum Gasteiger partial charge on any atom is -0.454 e. The number of nitrogens with zero attached hydrogens (tertiary/aromatic N) is 2. The summed E-state index contributed by atoms with van der Waals surface area (Å²) in [6.07, 6.45) is 0. The molecule has 15 rings (SSSR count). The molecule has 376 valence electrons. The Morgan fingerprint density at radius 2 is 0.747 bits per heavy atom. The first-order valence-corrected chi connectivity index (χ1v) is 27.6. The van der Waals surface area contributed by atoms with Gasteiger partial charge in [0, 0.05) is 56.1 Å². The Morgan fingerprint density at radius 3 is 1.43 bits per heavy atom. The highest BCUT2D eigenvalue weighted by Gasteiger charge is 2.37. The van der Waals surface area contributed by atoms with Crippen molar-refractivity contribution in [2.45, 2.75) is 38.5 Å². The highest BCUT2D eigenvalue weighted by Crippen LogP contribution is 2.54. The van der Waals surface area contributed by atoms with Gasteiger partial charge in [-0.3, -0.25) is 0 Å². The van der Waals surface area contributed by atoms with Crippen molar-refractivity contribution in [1.82, 2.24) is 0 Å². The summed E-state index contributed by atoms with van der Waals surface area (Å²) in [6.45, 7) is 9.40. The highest BCUT2D eigenvalue weighted by molar-refractivity contribution is 6.23. The Labute approximate surface area is 461 Å². The van der Waals surface area contributed by atoms with Crippen LogP contribution < -0.4 is 9.80 Å². The van der Waals surface area contributed by atoms with Crippen LogP contribution in [0.15, 0.2) is 271 Å². The van der Waals surface area contributed by atoms with E-state index < -0.39 is 0 Å². The summed E-state index contributed by atoms with van der Waals surface area (Å²) in [6, 6.07) is 98.0. The fourth-order valence-corrected chi connectivity index (χ4v) is 13.2. The van der Waals surface area contributed by atoms with Crippen molar-refractivity contribution in [1.29, 1.82) is 0 Å². The van der Waals surface area contributed by atoms with Crippen LogP contribution in [0.1, 0.15) is 49.9 Å². The monoisotopic (exact) mass is 1010 g/mol. The van der Waals surface area contributed by atoms with Crippen LogP contribution in [0.5, 0.6) is 0 Å². The molecule has 13 aromatic rings. The lowest BCUT2D eigenvalue weighted by Gasteiger charge is -2.28. The zero-order chi connectivity index (χ0) is 53.0. The van der Waals surface area contributed by atoms with Crippen LogP contribution in [0.3, 0.4) is 0 Å². The third-order valence-corrected chi connectivity index (χ3v) is 17.2. The molecule has 0 amide bonds. The van der Waals surface area contributed by atoms with Gasteiger partial charge in [-0.25, -0.2) is 0 Å². The molecule has 2 aliphatic rings. The lowest BCUT2D eigenvalue weighted by atomic mass is 9.82. The predicted octanol–water partition coefficient (Wildman–Crippen LogP) is 21.3. The van der Waals surface area contributed by atoms with Gasteiger partial charge in [-0.15, -0.1) is 0 Å². The van der Waals surface area contributed by atoms with Crippen molar-refractivity contribution in [3.63, 3.8) is 0 Å². The molecule has 1 aromatic heterocycles. The van der Waals surface area contributed by atoms with E-state index in [4.69, 9.17) is 4.42 Å². The predicted molar refractivity (Wildman–Crippen MR) is 332 cm³/mol. The highest BCUT2D eigenvalue weighted by atomic mass is 16.3. The van der Waals surface area contributed by atoms with Crippen LogP contribution in [-0.4, -0.2) is 0 Å². The van der Waals surface area contributed by atoms with E-state index in [1.54, 1.807) is 0 Å². The summed E-state index contributed by atoms with van der Waals surface area (Å²) < 4.78 is 7.48. The number of hydrogen-bond donors (Lipinski definition) is 0. The van der Waals surface area contributed by atoms with E-state index in [0.717, 1.165) is 78.0 Å². The smallest absolute Gasteiger partial charge is 0.160 e. The van der Waals surface area contributed by atoms with Gasteiger partial charge in [0.15, 0.2) is 5.58 Å². The number of benzene rings is 12. The standard InChI is InChI=1S/C76H56N2O/c1-75(2)67-31-15-13-29-62(67)65-45-54(35-41-69(65)75)53-25-18-27-58(44-53)78(59-39-42-70-66(47-59)63-30-14-16-32-68(63)76(70,3)4)71-46-55-23-11-12-28-61(55)73-64-40-38-60(48-72(64)79-74(71)73)77(56-36-33-51(34-37-56)49-19-7-5-8-20-49)57-26-17-24-52(43-57)50-21-9-6-10-22-50/h5-48H,1-4H3. The van der Waals surface area contributed by atoms with Crippen LogP contribution in [0.2, 0.25) is 0 Å². The average Bonchev–Trinajstić information content (AvgIpc) is 4.08. The van der Waals surface area contributed by atoms with Crippen molar-refractivity contribution < 1.29 is 4.42 Å². The number of hydrogen-bond acceptors (Lipinski definition) is 3. The van der Waals surface area contributed by atoms with E-state index in [1.807, 2.05) is 0 Å². The molecule has 79 heavy (non-hydrogen) atoms. The van der Waals surface area contributed by atoms with Gasteiger partial charge in [0.1, 0.15) is 5.58 Å². The van der Waals surface area contributed by atoms with Gasteiger partial charge in [0.2, 0.25) is 0 Å². The average molecular weight is 1010 g/mol. The van der Waals surface area contributed by atoms with Gasteiger partial charge >= 0.3 is 0 Å². The summed E-state index contributed by atoms with van der Waals surface area (Å²) in [5.74, 6) is 0. The maximum absolute atomic E-state index is 7.48. The zero-order valence-corrected chi connectivity index (χ0v) is 44.7. The van der Waals surface area contributed by atoms with E-state index in [-0.39, 0.29) is 10.8 Å². The van der Waals surface area contributed by atoms with E-state index in [2.05, 4.69) is 304 Å². The summed E-state index contributed by atoms with van der Waals surface area (Å²) in [5.41, 5.74) is 25.3.